The topological polar surface area (TPSA) is 213 Å². The molecule has 17 nitrogen and oxygen atoms in total. The molecule has 63 heavy (non-hydrogen) atoms. The summed E-state index contributed by atoms with van der Waals surface area (Å²) in [5.74, 6) is 1.88. The van der Waals surface area contributed by atoms with E-state index in [-0.39, 0.29) is 38.0 Å². The van der Waals surface area contributed by atoms with Gasteiger partial charge >= 0.3 is 18.1 Å². The van der Waals surface area contributed by atoms with E-state index < -0.39 is 89.8 Å². The minimum Gasteiger partial charge on any atom is -0.461 e. The number of methoxy groups -OCH3 is 1. The van der Waals surface area contributed by atoms with E-state index in [0.29, 0.717) is 29.2 Å². The first-order chi connectivity index (χ1) is 29.8. The number of esters is 2. The Morgan fingerprint density at radius 3 is 2.44 bits per heavy atom. The first-order valence-electron chi connectivity index (χ1n) is 21.6. The van der Waals surface area contributed by atoms with Gasteiger partial charge in [-0.1, -0.05) is 50.8 Å². The second-order valence-electron chi connectivity index (χ2n) is 17.6. The Bertz CT molecular complexity index is 1960. The van der Waals surface area contributed by atoms with E-state index in [4.69, 9.17) is 43.7 Å². The number of ether oxygens (including phenoxy) is 7. The second kappa shape index (κ2) is 21.2. The average Bonchev–Trinajstić information content (AvgIpc) is 3.56. The average molecular weight is 880 g/mol. The van der Waals surface area contributed by atoms with Gasteiger partial charge in [0.2, 0.25) is 0 Å². The lowest BCUT2D eigenvalue weighted by molar-refractivity contribution is -0.301. The normalized spacial score (nSPS) is 35.9. The summed E-state index contributed by atoms with van der Waals surface area (Å²) >= 11 is 0. The van der Waals surface area contributed by atoms with Gasteiger partial charge in [0, 0.05) is 48.9 Å². The number of rotatable bonds is 10. The van der Waals surface area contributed by atoms with Crippen molar-refractivity contribution in [3.05, 3.63) is 54.0 Å². The largest absolute Gasteiger partial charge is 0.509 e. The van der Waals surface area contributed by atoms with Gasteiger partial charge in [-0.3, -0.25) is 14.6 Å². The molecular formula is C46H65N5O12. The van der Waals surface area contributed by atoms with Crippen LogP contribution >= 0.6 is 0 Å². The zero-order chi connectivity index (χ0) is 46.2. The van der Waals surface area contributed by atoms with Crippen LogP contribution in [0.25, 0.3) is 0 Å². The highest BCUT2D eigenvalue weighted by atomic mass is 16.8. The summed E-state index contributed by atoms with van der Waals surface area (Å²) in [6.07, 6.45) is -3.70. The van der Waals surface area contributed by atoms with Crippen LogP contribution in [0.5, 0.6) is 0 Å². The summed E-state index contributed by atoms with van der Waals surface area (Å²) in [5.41, 5.74) is 4.55. The second-order valence-corrected chi connectivity index (χ2v) is 17.6. The number of fused-ring (bicyclic) bond motifs is 1. The van der Waals surface area contributed by atoms with Crippen molar-refractivity contribution in [1.82, 2.24) is 14.9 Å². The van der Waals surface area contributed by atoms with E-state index in [1.54, 1.807) is 70.4 Å². The molecule has 0 unspecified atom stereocenters. The van der Waals surface area contributed by atoms with Crippen LogP contribution in [0.15, 0.2) is 47.9 Å². The van der Waals surface area contributed by atoms with Gasteiger partial charge in [-0.25, -0.2) is 9.78 Å². The Kier molecular flexibility index (Phi) is 16.6. The Morgan fingerprint density at radius 2 is 1.81 bits per heavy atom. The molecule has 3 fully saturated rings. The van der Waals surface area contributed by atoms with E-state index >= 15 is 0 Å². The number of aliphatic hydroxyl groups is 1. The Morgan fingerprint density at radius 1 is 1.06 bits per heavy atom. The molecule has 3 aliphatic rings. The summed E-state index contributed by atoms with van der Waals surface area (Å²) in [6.45, 7) is 14.3. The molecule has 3 saturated heterocycles. The van der Waals surface area contributed by atoms with E-state index in [9.17, 15) is 19.5 Å². The number of oxime groups is 1. The molecule has 0 spiro atoms. The highest BCUT2D eigenvalue weighted by molar-refractivity contribution is 5.89. The van der Waals surface area contributed by atoms with E-state index in [1.165, 1.54) is 7.11 Å². The van der Waals surface area contributed by atoms with E-state index in [2.05, 4.69) is 27.0 Å². The van der Waals surface area contributed by atoms with Crippen molar-refractivity contribution in [3.8, 4) is 11.8 Å². The Hall–Kier alpha value is -4.86. The lowest BCUT2D eigenvalue weighted by Gasteiger charge is -2.48. The standard InChI is InChI=1S/C46H65N5O12/c1-12-34-46(8)41(62-44(55)63-46)28(4)37(50-57-21-15-16-31-18-19-35(47)49-25-31)26(2)24-45(7,56-11)40(61-43-38(53)33(51(9)10)22-27(3)58-43)29(5)39(30(6)42(54)59-34)60-36(52)23-32-17-13-14-20-48-32/h13-14,17-20,25-30,33-34,38-41,43,53H,12,21-24H2,1-11H3,(H2,47,49)/b50-37+/t26-,27-,28+,29+,30-,33+,34-,38-,39+,40-,41-,43+,45-,46-/m1/s1. The lowest BCUT2D eigenvalue weighted by Crippen LogP contribution is -2.60. The molecule has 5 heterocycles. The van der Waals surface area contributed by atoms with Gasteiger partial charge in [-0.15, -0.1) is 0 Å². The number of aromatic nitrogens is 2. The van der Waals surface area contributed by atoms with Gasteiger partial charge in [0.25, 0.3) is 0 Å². The lowest BCUT2D eigenvalue weighted by atomic mass is 9.73. The molecule has 3 N–H and O–H groups in total. The number of nitrogens with zero attached hydrogens (tertiary/aromatic N) is 4. The number of likely N-dealkylation sites (N-methyl/N-ethyl adjacent to an activating group) is 1. The van der Waals surface area contributed by atoms with Gasteiger partial charge < -0.3 is 53.7 Å². The van der Waals surface area contributed by atoms with Crippen LogP contribution in [0.2, 0.25) is 0 Å². The number of hydrogen-bond acceptors (Lipinski definition) is 17. The molecule has 0 bridgehead atoms. The van der Waals surface area contributed by atoms with E-state index in [0.717, 1.165) is 0 Å². The number of carbonyl (C=O) groups is 3. The van der Waals surface area contributed by atoms with Crippen LogP contribution in [0, 0.1) is 35.5 Å². The fourth-order valence-corrected chi connectivity index (χ4v) is 9.18. The number of hydrogen-bond donors (Lipinski definition) is 2. The molecule has 2 aromatic rings. The zero-order valence-electron chi connectivity index (χ0n) is 38.3. The van der Waals surface area contributed by atoms with Gasteiger partial charge in [0.05, 0.1) is 41.6 Å². The molecule has 2 aromatic heterocycles. The van der Waals surface area contributed by atoms with Crippen molar-refractivity contribution in [2.24, 2.45) is 28.8 Å². The molecule has 0 aliphatic carbocycles. The molecule has 5 rings (SSSR count). The van der Waals surface area contributed by atoms with Crippen molar-refractivity contribution < 1.29 is 57.5 Å². The molecule has 0 radical (unpaired) electrons. The number of anilines is 1. The molecule has 0 aromatic carbocycles. The van der Waals surface area contributed by atoms with Crippen molar-refractivity contribution >= 4 is 29.6 Å². The number of nitrogens with two attached hydrogens (primary N) is 1. The predicted octanol–water partition coefficient (Wildman–Crippen LogP) is 4.72. The van der Waals surface area contributed by atoms with Crippen molar-refractivity contribution in [2.75, 3.05) is 33.5 Å². The van der Waals surface area contributed by atoms with Crippen LogP contribution in [-0.4, -0.2) is 132 Å². The summed E-state index contributed by atoms with van der Waals surface area (Å²) in [7, 11) is 5.30. The smallest absolute Gasteiger partial charge is 0.461 e. The predicted molar refractivity (Wildman–Crippen MR) is 231 cm³/mol. The molecule has 0 amide bonds. The maximum atomic E-state index is 14.5. The van der Waals surface area contributed by atoms with Gasteiger partial charge in [-0.2, -0.15) is 0 Å². The summed E-state index contributed by atoms with van der Waals surface area (Å²) in [4.78, 5) is 57.6. The van der Waals surface area contributed by atoms with Crippen molar-refractivity contribution in [2.45, 2.75) is 141 Å². The minimum atomic E-state index is -1.48. The van der Waals surface area contributed by atoms with E-state index in [1.807, 2.05) is 46.7 Å². The monoisotopic (exact) mass is 879 g/mol. The quantitative estimate of drug-likeness (QED) is 0.109. The third-order valence-corrected chi connectivity index (χ3v) is 12.6. The van der Waals surface area contributed by atoms with Crippen LogP contribution < -0.4 is 5.73 Å². The fraction of sp³-hybridized carbons (Fsp3) is 0.652. The number of carbonyl (C=O) groups excluding carboxylic acids is 3. The van der Waals surface area contributed by atoms with Gasteiger partial charge in [-0.05, 0) is 85.3 Å². The minimum absolute atomic E-state index is 0.101. The molecule has 346 valence electrons. The summed E-state index contributed by atoms with van der Waals surface area (Å²) < 4.78 is 44.0. The summed E-state index contributed by atoms with van der Waals surface area (Å²) in [5, 5.41) is 16.4. The number of cyclic esters (lactones) is 1. The highest BCUT2D eigenvalue weighted by Gasteiger charge is 2.59. The molecule has 14 atom stereocenters. The van der Waals surface area contributed by atoms with Crippen molar-refractivity contribution in [3.63, 3.8) is 0 Å². The first-order valence-corrected chi connectivity index (χ1v) is 21.6. The maximum absolute atomic E-state index is 14.5. The molecular weight excluding hydrogens is 815 g/mol. The van der Waals surface area contributed by atoms with Gasteiger partial charge in [0.15, 0.2) is 24.6 Å². The zero-order valence-corrected chi connectivity index (χ0v) is 38.3. The third-order valence-electron chi connectivity index (χ3n) is 12.6. The first kappa shape index (κ1) is 49.2. The Labute approximate surface area is 370 Å². The van der Waals surface area contributed by atoms with Crippen molar-refractivity contribution in [1.29, 1.82) is 0 Å². The van der Waals surface area contributed by atoms with Crippen LogP contribution in [0.1, 0.15) is 85.9 Å². The van der Waals surface area contributed by atoms with Crippen LogP contribution in [-0.2, 0) is 54.0 Å². The third kappa shape index (κ3) is 11.6. The molecule has 3 aliphatic heterocycles. The molecule has 17 heteroatoms. The van der Waals surface area contributed by atoms with Gasteiger partial charge in [0.1, 0.15) is 24.1 Å². The highest BCUT2D eigenvalue weighted by Crippen LogP contribution is 2.43. The van der Waals surface area contributed by atoms with Crippen LogP contribution in [0.4, 0.5) is 10.6 Å². The SMILES string of the molecule is CC[C@H]1OC(=O)[C@H](C)[C@@H](OC(=O)Cc2ccccn2)[C@H](C)[C@@H](O[C@@H]2O[C@H](C)C[C@H](N(C)C)[C@H]2O)[C@](C)(OC)C[C@@H](C)/C(=N\OCC#Cc2ccc(N)nc2)[C@H](C)[C@H]2OC(=O)O[C@@]21C. The summed E-state index contributed by atoms with van der Waals surface area (Å²) in [6, 6.07) is 8.29. The molecule has 0 saturated carbocycles. The Balaban J connectivity index is 1.62. The number of aliphatic hydroxyl groups excluding tert-OH is 1. The maximum Gasteiger partial charge on any atom is 0.509 e. The number of nitrogen functional groups attached to an aromatic ring is 1. The number of pyridine rings is 2. The van der Waals surface area contributed by atoms with Crippen LogP contribution in [0.3, 0.4) is 0 Å². The fourth-order valence-electron chi connectivity index (χ4n) is 9.18.